The summed E-state index contributed by atoms with van der Waals surface area (Å²) in [4.78, 5) is 8.70. The van der Waals surface area contributed by atoms with Crippen molar-refractivity contribution in [1.29, 1.82) is 0 Å². The summed E-state index contributed by atoms with van der Waals surface area (Å²) in [7, 11) is -1.80. The Kier molecular flexibility index (Phi) is 5.79. The van der Waals surface area contributed by atoms with Crippen molar-refractivity contribution < 1.29 is 17.2 Å². The van der Waals surface area contributed by atoms with Crippen LogP contribution in [0.2, 0.25) is 0 Å². The smallest absolute Gasteiger partial charge is 0.236 e. The molecule has 0 saturated carbocycles. The first-order valence-electron chi connectivity index (χ1n) is 11.1. The van der Waals surface area contributed by atoms with Gasteiger partial charge in [-0.15, -0.1) is 0 Å². The molecule has 5 rings (SSSR count). The Hall–Kier alpha value is -4.12. The molecular weight excluding hydrogens is 486 g/mol. The molecule has 184 valence electrons. The molecule has 0 aliphatic heterocycles. The third-order valence-electron chi connectivity index (χ3n) is 5.82. The predicted octanol–water partition coefficient (Wildman–Crippen LogP) is 4.92. The Bertz CT molecular complexity index is 1710. The van der Waals surface area contributed by atoms with Gasteiger partial charge in [0.15, 0.2) is 0 Å². The van der Waals surface area contributed by atoms with E-state index in [1.807, 2.05) is 12.1 Å². The molecule has 0 atom stereocenters. The van der Waals surface area contributed by atoms with Gasteiger partial charge in [-0.25, -0.2) is 27.2 Å². The number of aromatic nitrogens is 5. The van der Waals surface area contributed by atoms with Crippen molar-refractivity contribution in [2.24, 2.45) is 7.05 Å². The van der Waals surface area contributed by atoms with Crippen LogP contribution in [0.5, 0.6) is 0 Å². The number of hydrogen-bond donors (Lipinski definition) is 1. The number of pyridine rings is 1. The van der Waals surface area contributed by atoms with Gasteiger partial charge in [0.05, 0.1) is 28.2 Å². The molecule has 0 unspecified atom stereocenters. The number of sulfonamides is 1. The van der Waals surface area contributed by atoms with Crippen LogP contribution in [-0.2, 0) is 17.1 Å². The van der Waals surface area contributed by atoms with E-state index in [1.165, 1.54) is 18.3 Å². The van der Waals surface area contributed by atoms with Crippen LogP contribution in [-0.4, -0.2) is 38.0 Å². The van der Waals surface area contributed by atoms with E-state index < -0.39 is 26.9 Å². The van der Waals surface area contributed by atoms with Gasteiger partial charge in [0.1, 0.15) is 23.8 Å². The molecule has 0 aliphatic rings. The van der Waals surface area contributed by atoms with E-state index in [2.05, 4.69) is 19.8 Å². The molecule has 3 heterocycles. The third kappa shape index (κ3) is 4.22. The van der Waals surface area contributed by atoms with Crippen LogP contribution in [0.1, 0.15) is 13.8 Å². The minimum absolute atomic E-state index is 0.167. The summed E-state index contributed by atoms with van der Waals surface area (Å²) in [6.07, 6.45) is 6.53. The molecule has 2 aromatic carbocycles. The van der Waals surface area contributed by atoms with Gasteiger partial charge in [-0.05, 0) is 43.7 Å². The highest BCUT2D eigenvalue weighted by Gasteiger charge is 2.21. The minimum atomic E-state index is -3.58. The first-order valence-corrected chi connectivity index (χ1v) is 12.6. The first kappa shape index (κ1) is 23.6. The number of imidazole rings is 1. The monoisotopic (exact) mass is 508 g/mol. The normalized spacial score (nSPS) is 11.9. The van der Waals surface area contributed by atoms with Gasteiger partial charge in [0.25, 0.3) is 0 Å². The molecule has 0 fully saturated rings. The Morgan fingerprint density at radius 2 is 1.78 bits per heavy atom. The quantitative estimate of drug-likeness (QED) is 0.352. The standard InChI is InChI=1S/C25H22F2N6O2S/c1-15(2)36(34,35)31-23-11-18(8-9-28-23)33-14-29-25-22(33)7-6-19(16-12-30-32(3)13-16)24(25)20-5-4-17(26)10-21(20)27/h4-15H,1-3H3,(H,28,31). The van der Waals surface area contributed by atoms with Gasteiger partial charge in [0.2, 0.25) is 10.0 Å². The van der Waals surface area contributed by atoms with Crippen LogP contribution >= 0.6 is 0 Å². The lowest BCUT2D eigenvalue weighted by Gasteiger charge is -2.13. The topological polar surface area (TPSA) is 94.7 Å². The maximum Gasteiger partial charge on any atom is 0.236 e. The third-order valence-corrected chi connectivity index (χ3v) is 7.56. The van der Waals surface area contributed by atoms with Crippen LogP contribution in [0.15, 0.2) is 67.4 Å². The molecule has 0 amide bonds. The number of fused-ring (bicyclic) bond motifs is 1. The summed E-state index contributed by atoms with van der Waals surface area (Å²) in [5.74, 6) is -1.22. The fourth-order valence-corrected chi connectivity index (χ4v) is 4.58. The van der Waals surface area contributed by atoms with E-state index >= 15 is 4.39 Å². The lowest BCUT2D eigenvalue weighted by atomic mass is 9.94. The molecule has 1 N–H and O–H groups in total. The van der Waals surface area contributed by atoms with Crippen LogP contribution in [0.4, 0.5) is 14.6 Å². The molecule has 5 aromatic rings. The van der Waals surface area contributed by atoms with Gasteiger partial charge < -0.3 is 0 Å². The molecule has 0 bridgehead atoms. The maximum absolute atomic E-state index is 15.0. The van der Waals surface area contributed by atoms with E-state index in [1.54, 1.807) is 61.0 Å². The Labute approximate surface area is 206 Å². The van der Waals surface area contributed by atoms with Crippen molar-refractivity contribution in [3.8, 4) is 27.9 Å². The van der Waals surface area contributed by atoms with Gasteiger partial charge in [0, 0.05) is 48.3 Å². The van der Waals surface area contributed by atoms with Crippen molar-refractivity contribution in [1.82, 2.24) is 24.3 Å². The zero-order chi connectivity index (χ0) is 25.6. The second kappa shape index (κ2) is 8.83. The number of hydrogen-bond acceptors (Lipinski definition) is 5. The second-order valence-corrected chi connectivity index (χ2v) is 10.8. The van der Waals surface area contributed by atoms with E-state index in [0.29, 0.717) is 27.8 Å². The predicted molar refractivity (Wildman–Crippen MR) is 134 cm³/mol. The number of anilines is 1. The molecule has 8 nitrogen and oxygen atoms in total. The molecule has 3 aromatic heterocycles. The summed E-state index contributed by atoms with van der Waals surface area (Å²) in [5, 5.41) is 3.59. The average molecular weight is 509 g/mol. The van der Waals surface area contributed by atoms with Gasteiger partial charge in [-0.1, -0.05) is 6.07 Å². The van der Waals surface area contributed by atoms with Gasteiger partial charge >= 0.3 is 0 Å². The van der Waals surface area contributed by atoms with E-state index in [0.717, 1.165) is 11.6 Å². The van der Waals surface area contributed by atoms with E-state index in [-0.39, 0.29) is 11.4 Å². The van der Waals surface area contributed by atoms with Crippen molar-refractivity contribution in [2.45, 2.75) is 19.1 Å². The zero-order valence-corrected chi connectivity index (χ0v) is 20.5. The summed E-state index contributed by atoms with van der Waals surface area (Å²) in [6, 6.07) is 10.4. The highest BCUT2D eigenvalue weighted by molar-refractivity contribution is 7.93. The molecular formula is C25H22F2N6O2S. The number of aryl methyl sites for hydroxylation is 1. The van der Waals surface area contributed by atoms with E-state index in [9.17, 15) is 12.8 Å². The average Bonchev–Trinajstić information content (AvgIpc) is 3.45. The van der Waals surface area contributed by atoms with Crippen LogP contribution in [0.3, 0.4) is 0 Å². The number of benzene rings is 2. The lowest BCUT2D eigenvalue weighted by Crippen LogP contribution is -2.23. The van der Waals surface area contributed by atoms with Crippen LogP contribution < -0.4 is 4.72 Å². The molecule has 0 aliphatic carbocycles. The summed E-state index contributed by atoms with van der Waals surface area (Å²) in [5.41, 5.74) is 3.87. The fraction of sp³-hybridized carbons (Fsp3) is 0.160. The van der Waals surface area contributed by atoms with Crippen LogP contribution in [0.25, 0.3) is 39.0 Å². The maximum atomic E-state index is 15.0. The second-order valence-electron chi connectivity index (χ2n) is 8.59. The lowest BCUT2D eigenvalue weighted by molar-refractivity contribution is 0.585. The molecule has 0 spiro atoms. The molecule has 0 saturated heterocycles. The Morgan fingerprint density at radius 3 is 2.47 bits per heavy atom. The molecule has 11 heteroatoms. The zero-order valence-electron chi connectivity index (χ0n) is 19.6. The van der Waals surface area contributed by atoms with Crippen molar-refractivity contribution >= 4 is 26.9 Å². The van der Waals surface area contributed by atoms with Gasteiger partial charge in [-0.3, -0.25) is 14.0 Å². The summed E-state index contributed by atoms with van der Waals surface area (Å²) < 4.78 is 59.2. The van der Waals surface area contributed by atoms with Crippen LogP contribution in [0, 0.1) is 11.6 Å². The molecule has 36 heavy (non-hydrogen) atoms. The number of nitrogens with one attached hydrogen (secondary N) is 1. The first-order chi connectivity index (χ1) is 17.1. The number of nitrogens with zero attached hydrogens (tertiary/aromatic N) is 5. The summed E-state index contributed by atoms with van der Waals surface area (Å²) in [6.45, 7) is 3.15. The highest BCUT2D eigenvalue weighted by Crippen LogP contribution is 2.39. The SMILES string of the molecule is CC(C)S(=O)(=O)Nc1cc(-n2cnc3c(-c4ccc(F)cc4F)c(-c4cnn(C)c4)ccc32)ccn1. The Morgan fingerprint density at radius 1 is 1.00 bits per heavy atom. The van der Waals surface area contributed by atoms with Crippen molar-refractivity contribution in [2.75, 3.05) is 4.72 Å². The Balaban J connectivity index is 1.70. The fourth-order valence-electron chi connectivity index (χ4n) is 3.94. The van der Waals surface area contributed by atoms with Crippen molar-refractivity contribution in [3.63, 3.8) is 0 Å². The number of halogens is 2. The summed E-state index contributed by atoms with van der Waals surface area (Å²) >= 11 is 0. The minimum Gasteiger partial charge on any atom is -0.299 e. The van der Waals surface area contributed by atoms with E-state index in [4.69, 9.17) is 0 Å². The largest absolute Gasteiger partial charge is 0.299 e. The molecule has 0 radical (unpaired) electrons. The highest BCUT2D eigenvalue weighted by atomic mass is 32.2. The van der Waals surface area contributed by atoms with Crippen molar-refractivity contribution in [3.05, 3.63) is 79.0 Å². The van der Waals surface area contributed by atoms with Gasteiger partial charge in [-0.2, -0.15) is 5.10 Å². The number of rotatable bonds is 6.